The quantitative estimate of drug-likeness (QED) is 0.894. The lowest BCUT2D eigenvalue weighted by molar-refractivity contribution is 0.0744. The summed E-state index contributed by atoms with van der Waals surface area (Å²) in [5.41, 5.74) is 1.42. The largest absolute Gasteiger partial charge is 0.337 e. The summed E-state index contributed by atoms with van der Waals surface area (Å²) in [7, 11) is 1.85. The van der Waals surface area contributed by atoms with E-state index < -0.39 is 0 Å². The van der Waals surface area contributed by atoms with Gasteiger partial charge in [0.15, 0.2) is 0 Å². The van der Waals surface area contributed by atoms with Gasteiger partial charge in [0.1, 0.15) is 6.33 Å². The first-order valence-corrected chi connectivity index (χ1v) is 6.57. The van der Waals surface area contributed by atoms with Crippen molar-refractivity contribution in [2.75, 3.05) is 20.1 Å². The number of nitrogens with one attached hydrogen (secondary N) is 1. The molecule has 1 aromatic carbocycles. The molecule has 2 heterocycles. The minimum absolute atomic E-state index is 0. The van der Waals surface area contributed by atoms with Crippen LogP contribution in [0.2, 0.25) is 0 Å². The first-order chi connectivity index (χ1) is 9.75. The second kappa shape index (κ2) is 6.64. The monoisotopic (exact) mass is 308 g/mol. The summed E-state index contributed by atoms with van der Waals surface area (Å²) in [5.74, 6) is 0.0219. The lowest BCUT2D eigenvalue weighted by Crippen LogP contribution is -2.38. The highest BCUT2D eigenvalue weighted by molar-refractivity contribution is 5.94. The molecule has 1 atom stereocenters. The molecule has 3 rings (SSSR count). The van der Waals surface area contributed by atoms with Gasteiger partial charge in [-0.05, 0) is 41.6 Å². The standard InChI is InChI=1S/C13H16N6O.ClH/c1-18(12-5-6-14-8-12)13(20)10-3-2-4-11(7-10)19-9-15-16-17-19;/h2-4,7,9,12,14H,5-6,8H2,1H3;1H. The number of tetrazole rings is 1. The molecule has 1 fully saturated rings. The van der Waals surface area contributed by atoms with E-state index in [1.807, 2.05) is 25.2 Å². The second-order valence-corrected chi connectivity index (χ2v) is 4.87. The van der Waals surface area contributed by atoms with Crippen molar-refractivity contribution in [3.05, 3.63) is 36.2 Å². The molecular weight excluding hydrogens is 292 g/mol. The molecule has 0 spiro atoms. The topological polar surface area (TPSA) is 75.9 Å². The lowest BCUT2D eigenvalue weighted by atomic mass is 10.1. The number of amides is 1. The molecule has 21 heavy (non-hydrogen) atoms. The van der Waals surface area contributed by atoms with Crippen LogP contribution in [-0.2, 0) is 0 Å². The predicted octanol–water partition coefficient (Wildman–Crippen LogP) is 0.518. The third-order valence-electron chi connectivity index (χ3n) is 3.61. The first-order valence-electron chi connectivity index (χ1n) is 6.57. The van der Waals surface area contributed by atoms with Gasteiger partial charge < -0.3 is 10.2 Å². The number of halogens is 1. The molecular formula is C13H17ClN6O. The Balaban J connectivity index is 0.00000161. The maximum atomic E-state index is 12.5. The van der Waals surface area contributed by atoms with Crippen molar-refractivity contribution >= 4 is 18.3 Å². The molecule has 1 aliphatic heterocycles. The van der Waals surface area contributed by atoms with Gasteiger partial charge in [-0.15, -0.1) is 17.5 Å². The molecule has 7 nitrogen and oxygen atoms in total. The summed E-state index contributed by atoms with van der Waals surface area (Å²) in [6, 6.07) is 7.58. The third-order valence-corrected chi connectivity index (χ3v) is 3.61. The van der Waals surface area contributed by atoms with Gasteiger partial charge in [0.2, 0.25) is 0 Å². The number of carbonyl (C=O) groups excluding carboxylic acids is 1. The Morgan fingerprint density at radius 1 is 1.48 bits per heavy atom. The van der Waals surface area contributed by atoms with E-state index in [-0.39, 0.29) is 24.4 Å². The van der Waals surface area contributed by atoms with E-state index in [9.17, 15) is 4.79 Å². The number of likely N-dealkylation sites (N-methyl/N-ethyl adjacent to an activating group) is 1. The van der Waals surface area contributed by atoms with Crippen molar-refractivity contribution in [3.63, 3.8) is 0 Å². The van der Waals surface area contributed by atoms with Crippen LogP contribution in [0.4, 0.5) is 0 Å². The minimum atomic E-state index is 0. The second-order valence-electron chi connectivity index (χ2n) is 4.87. The van der Waals surface area contributed by atoms with Crippen molar-refractivity contribution in [2.24, 2.45) is 0 Å². The maximum absolute atomic E-state index is 12.5. The molecule has 1 aliphatic rings. The number of aromatic nitrogens is 4. The normalized spacial score (nSPS) is 17.3. The number of nitrogens with zero attached hydrogens (tertiary/aromatic N) is 5. The van der Waals surface area contributed by atoms with Gasteiger partial charge in [0.25, 0.3) is 5.91 Å². The first kappa shape index (κ1) is 15.4. The van der Waals surface area contributed by atoms with E-state index >= 15 is 0 Å². The predicted molar refractivity (Wildman–Crippen MR) is 79.8 cm³/mol. The molecule has 1 N–H and O–H groups in total. The van der Waals surface area contributed by atoms with Crippen molar-refractivity contribution in [1.29, 1.82) is 0 Å². The zero-order valence-electron chi connectivity index (χ0n) is 11.6. The van der Waals surface area contributed by atoms with Gasteiger partial charge in [-0.3, -0.25) is 4.79 Å². The summed E-state index contributed by atoms with van der Waals surface area (Å²) in [6.45, 7) is 1.82. The highest BCUT2D eigenvalue weighted by Crippen LogP contribution is 2.14. The van der Waals surface area contributed by atoms with Gasteiger partial charge in [0.05, 0.1) is 5.69 Å². The molecule has 1 amide bonds. The fourth-order valence-electron chi connectivity index (χ4n) is 2.40. The Morgan fingerprint density at radius 3 is 3.00 bits per heavy atom. The average molecular weight is 309 g/mol. The Kier molecular flexibility index (Phi) is 4.87. The highest BCUT2D eigenvalue weighted by atomic mass is 35.5. The number of hydrogen-bond donors (Lipinski definition) is 1. The molecule has 0 saturated carbocycles. The number of carbonyl (C=O) groups is 1. The molecule has 0 aliphatic carbocycles. The van der Waals surface area contributed by atoms with Crippen molar-refractivity contribution in [2.45, 2.75) is 12.5 Å². The van der Waals surface area contributed by atoms with Gasteiger partial charge in [-0.2, -0.15) is 0 Å². The molecule has 112 valence electrons. The van der Waals surface area contributed by atoms with E-state index in [2.05, 4.69) is 20.8 Å². The zero-order chi connectivity index (χ0) is 13.9. The third kappa shape index (κ3) is 3.20. The maximum Gasteiger partial charge on any atom is 0.253 e. The number of hydrogen-bond acceptors (Lipinski definition) is 5. The molecule has 0 bridgehead atoms. The Bertz CT molecular complexity index is 596. The van der Waals surface area contributed by atoms with Gasteiger partial charge in [0, 0.05) is 25.2 Å². The number of rotatable bonds is 3. The summed E-state index contributed by atoms with van der Waals surface area (Å²) >= 11 is 0. The van der Waals surface area contributed by atoms with Crippen LogP contribution in [0.3, 0.4) is 0 Å². The van der Waals surface area contributed by atoms with Crippen molar-refractivity contribution < 1.29 is 4.79 Å². The van der Waals surface area contributed by atoms with Crippen LogP contribution in [0.15, 0.2) is 30.6 Å². The van der Waals surface area contributed by atoms with Crippen molar-refractivity contribution in [3.8, 4) is 5.69 Å². The van der Waals surface area contributed by atoms with Crippen LogP contribution >= 0.6 is 12.4 Å². The van der Waals surface area contributed by atoms with E-state index in [0.717, 1.165) is 25.2 Å². The average Bonchev–Trinajstić information content (AvgIpc) is 3.18. The van der Waals surface area contributed by atoms with Crippen LogP contribution < -0.4 is 5.32 Å². The van der Waals surface area contributed by atoms with Crippen LogP contribution in [0.5, 0.6) is 0 Å². The molecule has 0 radical (unpaired) electrons. The van der Waals surface area contributed by atoms with Gasteiger partial charge in [-0.1, -0.05) is 6.07 Å². The van der Waals surface area contributed by atoms with Crippen molar-refractivity contribution in [1.82, 2.24) is 30.4 Å². The summed E-state index contributed by atoms with van der Waals surface area (Å²) < 4.78 is 1.54. The summed E-state index contributed by atoms with van der Waals surface area (Å²) in [5, 5.41) is 14.3. The molecule has 1 aromatic heterocycles. The van der Waals surface area contributed by atoms with Gasteiger partial charge in [-0.25, -0.2) is 4.68 Å². The van der Waals surface area contributed by atoms with E-state index in [0.29, 0.717) is 5.56 Å². The fourth-order valence-corrected chi connectivity index (χ4v) is 2.40. The van der Waals surface area contributed by atoms with E-state index in [1.54, 1.807) is 11.0 Å². The molecule has 8 heteroatoms. The molecule has 1 unspecified atom stereocenters. The van der Waals surface area contributed by atoms with Gasteiger partial charge >= 0.3 is 0 Å². The van der Waals surface area contributed by atoms with Crippen LogP contribution in [0.1, 0.15) is 16.8 Å². The highest BCUT2D eigenvalue weighted by Gasteiger charge is 2.24. The zero-order valence-corrected chi connectivity index (χ0v) is 12.5. The number of benzene rings is 1. The smallest absolute Gasteiger partial charge is 0.253 e. The van der Waals surface area contributed by atoms with Crippen LogP contribution in [0, 0.1) is 0 Å². The lowest BCUT2D eigenvalue weighted by Gasteiger charge is -2.24. The Hall–Kier alpha value is -1.99. The van der Waals surface area contributed by atoms with E-state index in [1.165, 1.54) is 11.0 Å². The van der Waals surface area contributed by atoms with Crippen LogP contribution in [0.25, 0.3) is 5.69 Å². The fraction of sp³-hybridized carbons (Fsp3) is 0.385. The Labute approximate surface area is 128 Å². The SMILES string of the molecule is CN(C(=O)c1cccc(-n2cnnn2)c1)C1CCNC1.Cl. The Morgan fingerprint density at radius 2 is 2.33 bits per heavy atom. The summed E-state index contributed by atoms with van der Waals surface area (Å²) in [4.78, 5) is 14.3. The van der Waals surface area contributed by atoms with Crippen LogP contribution in [-0.4, -0.2) is 57.2 Å². The molecule has 2 aromatic rings. The summed E-state index contributed by atoms with van der Waals surface area (Å²) in [6.07, 6.45) is 2.50. The minimum Gasteiger partial charge on any atom is -0.337 e. The van der Waals surface area contributed by atoms with E-state index in [4.69, 9.17) is 0 Å². The molecule has 1 saturated heterocycles.